The Morgan fingerprint density at radius 3 is 2.28 bits per heavy atom. The maximum Gasteiger partial charge on any atom is 0.203 e. The summed E-state index contributed by atoms with van der Waals surface area (Å²) in [7, 11) is 0. The Labute approximate surface area is 165 Å². The van der Waals surface area contributed by atoms with Gasteiger partial charge in [0.2, 0.25) is 5.43 Å². The molecule has 0 spiro atoms. The normalized spacial score (nSPS) is 11.0. The third kappa shape index (κ3) is 2.99. The van der Waals surface area contributed by atoms with Crippen molar-refractivity contribution < 1.29 is 9.52 Å². The maximum absolute atomic E-state index is 13.0. The second-order valence-corrected chi connectivity index (χ2v) is 6.70. The van der Waals surface area contributed by atoms with Crippen molar-refractivity contribution >= 4 is 11.0 Å². The van der Waals surface area contributed by atoms with Crippen molar-refractivity contribution in [1.29, 1.82) is 0 Å². The molecule has 29 heavy (non-hydrogen) atoms. The van der Waals surface area contributed by atoms with Crippen LogP contribution in [0.25, 0.3) is 44.9 Å². The van der Waals surface area contributed by atoms with Gasteiger partial charge in [-0.1, -0.05) is 60.7 Å². The number of nitrogens with one attached hydrogen (secondary N) is 1. The van der Waals surface area contributed by atoms with Crippen LogP contribution in [0.5, 0.6) is 5.75 Å². The van der Waals surface area contributed by atoms with E-state index < -0.39 is 0 Å². The lowest BCUT2D eigenvalue weighted by molar-refractivity contribution is 0.474. The standard InChI is InChI=1S/C24H16N2O3/c27-17-11-12-18-20(13-17)29-14-19(23(18)28)24-25-21(15-7-3-1-4-8-15)22(26-24)16-9-5-2-6-10-16/h1-14,27H,(H,25,26). The molecule has 0 atom stereocenters. The Balaban J connectivity index is 1.74. The Morgan fingerprint density at radius 2 is 1.55 bits per heavy atom. The van der Waals surface area contributed by atoms with Crippen LogP contribution in [0.4, 0.5) is 0 Å². The molecule has 0 radical (unpaired) electrons. The number of rotatable bonds is 3. The lowest BCUT2D eigenvalue weighted by atomic mass is 10.1. The van der Waals surface area contributed by atoms with Gasteiger partial charge in [0.25, 0.3) is 0 Å². The first kappa shape index (κ1) is 17.0. The minimum Gasteiger partial charge on any atom is -0.508 e. The summed E-state index contributed by atoms with van der Waals surface area (Å²) in [5.41, 5.74) is 3.97. The highest BCUT2D eigenvalue weighted by Gasteiger charge is 2.18. The molecule has 2 heterocycles. The first-order valence-corrected chi connectivity index (χ1v) is 9.16. The van der Waals surface area contributed by atoms with Crippen molar-refractivity contribution in [3.8, 4) is 39.7 Å². The summed E-state index contributed by atoms with van der Waals surface area (Å²) >= 11 is 0. The van der Waals surface area contributed by atoms with Crippen LogP contribution in [-0.2, 0) is 0 Å². The highest BCUT2D eigenvalue weighted by Crippen LogP contribution is 2.32. The van der Waals surface area contributed by atoms with Gasteiger partial charge in [0.1, 0.15) is 29.0 Å². The van der Waals surface area contributed by atoms with E-state index >= 15 is 0 Å². The van der Waals surface area contributed by atoms with Gasteiger partial charge in [-0.15, -0.1) is 0 Å². The highest BCUT2D eigenvalue weighted by molar-refractivity contribution is 5.84. The van der Waals surface area contributed by atoms with Gasteiger partial charge < -0.3 is 14.5 Å². The van der Waals surface area contributed by atoms with Crippen molar-refractivity contribution in [1.82, 2.24) is 9.97 Å². The lowest BCUT2D eigenvalue weighted by Crippen LogP contribution is -2.05. The molecule has 5 rings (SSSR count). The molecule has 3 aromatic carbocycles. The van der Waals surface area contributed by atoms with E-state index in [4.69, 9.17) is 9.40 Å². The van der Waals surface area contributed by atoms with Gasteiger partial charge in [0, 0.05) is 17.2 Å². The van der Waals surface area contributed by atoms with E-state index in [2.05, 4.69) is 4.98 Å². The molecule has 0 amide bonds. The molecule has 0 fully saturated rings. The number of H-pyrrole nitrogens is 1. The second-order valence-electron chi connectivity index (χ2n) is 6.70. The van der Waals surface area contributed by atoms with Gasteiger partial charge in [0.05, 0.1) is 16.8 Å². The van der Waals surface area contributed by atoms with Crippen LogP contribution in [-0.4, -0.2) is 15.1 Å². The zero-order valence-corrected chi connectivity index (χ0v) is 15.3. The topological polar surface area (TPSA) is 79.1 Å². The molecule has 0 aliphatic heterocycles. The SMILES string of the molecule is O=c1c(-c2nc(-c3ccccc3)c(-c3ccccc3)[nH]2)coc2cc(O)ccc12. The molecule has 0 saturated carbocycles. The average Bonchev–Trinajstić information content (AvgIpc) is 3.20. The fourth-order valence-corrected chi connectivity index (χ4v) is 3.40. The zero-order chi connectivity index (χ0) is 19.8. The average molecular weight is 380 g/mol. The zero-order valence-electron chi connectivity index (χ0n) is 15.3. The Morgan fingerprint density at radius 1 is 0.862 bits per heavy atom. The smallest absolute Gasteiger partial charge is 0.203 e. The first-order valence-electron chi connectivity index (χ1n) is 9.16. The van der Waals surface area contributed by atoms with Crippen molar-refractivity contribution in [2.75, 3.05) is 0 Å². The number of aromatic nitrogens is 2. The number of hydrogen-bond donors (Lipinski definition) is 2. The van der Waals surface area contributed by atoms with Crippen molar-refractivity contribution in [3.63, 3.8) is 0 Å². The first-order chi connectivity index (χ1) is 14.2. The molecule has 5 heteroatoms. The largest absolute Gasteiger partial charge is 0.508 e. The van der Waals surface area contributed by atoms with E-state index in [0.717, 1.165) is 22.5 Å². The van der Waals surface area contributed by atoms with Crippen molar-refractivity contribution in [3.05, 3.63) is 95.3 Å². The monoisotopic (exact) mass is 380 g/mol. The van der Waals surface area contributed by atoms with Crippen molar-refractivity contribution in [2.24, 2.45) is 0 Å². The lowest BCUT2D eigenvalue weighted by Gasteiger charge is -2.02. The molecule has 140 valence electrons. The van der Waals surface area contributed by atoms with Crippen LogP contribution in [0.2, 0.25) is 0 Å². The summed E-state index contributed by atoms with van der Waals surface area (Å²) in [5.74, 6) is 0.482. The molecular weight excluding hydrogens is 364 g/mol. The van der Waals surface area contributed by atoms with Crippen LogP contribution in [0, 0.1) is 0 Å². The van der Waals surface area contributed by atoms with Crippen LogP contribution in [0.15, 0.2) is 94.3 Å². The second kappa shape index (κ2) is 6.80. The molecular formula is C24H16N2O3. The summed E-state index contributed by atoms with van der Waals surface area (Å²) in [4.78, 5) is 21.1. The number of benzene rings is 3. The third-order valence-corrected chi connectivity index (χ3v) is 4.83. The molecule has 0 saturated heterocycles. The highest BCUT2D eigenvalue weighted by atomic mass is 16.3. The maximum atomic E-state index is 13.0. The summed E-state index contributed by atoms with van der Waals surface area (Å²) in [6.07, 6.45) is 1.38. The molecule has 2 N–H and O–H groups in total. The van der Waals surface area contributed by atoms with E-state index in [1.165, 1.54) is 18.4 Å². The minimum atomic E-state index is -0.209. The number of phenols is 1. The summed E-state index contributed by atoms with van der Waals surface area (Å²) < 4.78 is 5.60. The van der Waals surface area contributed by atoms with Crippen LogP contribution < -0.4 is 5.43 Å². The quantitative estimate of drug-likeness (QED) is 0.450. The van der Waals surface area contributed by atoms with Gasteiger partial charge in [0.15, 0.2) is 0 Å². The van der Waals surface area contributed by atoms with Crippen molar-refractivity contribution in [2.45, 2.75) is 0 Å². The number of hydrogen-bond acceptors (Lipinski definition) is 4. The molecule has 5 aromatic rings. The van der Waals surface area contributed by atoms with Crippen LogP contribution in [0.3, 0.4) is 0 Å². The Kier molecular flexibility index (Phi) is 3.99. The van der Waals surface area contributed by atoms with Gasteiger partial charge >= 0.3 is 0 Å². The number of phenolic OH excluding ortho intramolecular Hbond substituents is 1. The summed E-state index contributed by atoms with van der Waals surface area (Å²) in [6, 6.07) is 24.1. The third-order valence-electron chi connectivity index (χ3n) is 4.83. The fraction of sp³-hybridized carbons (Fsp3) is 0. The number of aromatic amines is 1. The van der Waals surface area contributed by atoms with Gasteiger partial charge in [-0.25, -0.2) is 4.98 Å². The fourth-order valence-electron chi connectivity index (χ4n) is 3.40. The Hall–Kier alpha value is -4.12. The van der Waals surface area contributed by atoms with E-state index in [1.54, 1.807) is 6.07 Å². The van der Waals surface area contributed by atoms with E-state index in [9.17, 15) is 9.90 Å². The van der Waals surface area contributed by atoms with Gasteiger partial charge in [-0.3, -0.25) is 4.79 Å². The van der Waals surface area contributed by atoms with E-state index in [0.29, 0.717) is 22.4 Å². The predicted octanol–water partition coefficient (Wildman–Crippen LogP) is 5.22. The molecule has 0 bridgehead atoms. The number of nitrogens with zero attached hydrogens (tertiary/aromatic N) is 1. The number of fused-ring (bicyclic) bond motifs is 1. The van der Waals surface area contributed by atoms with E-state index in [-0.39, 0.29) is 11.2 Å². The predicted molar refractivity (Wildman–Crippen MR) is 113 cm³/mol. The molecule has 2 aromatic heterocycles. The molecule has 0 aliphatic carbocycles. The molecule has 0 unspecified atom stereocenters. The molecule has 0 aliphatic rings. The minimum absolute atomic E-state index is 0.0455. The summed E-state index contributed by atoms with van der Waals surface area (Å²) in [5, 5.41) is 10.0. The molecule has 5 nitrogen and oxygen atoms in total. The van der Waals surface area contributed by atoms with Crippen LogP contribution >= 0.6 is 0 Å². The van der Waals surface area contributed by atoms with E-state index in [1.807, 2.05) is 60.7 Å². The van der Waals surface area contributed by atoms with Gasteiger partial charge in [-0.2, -0.15) is 0 Å². The Bertz CT molecular complexity index is 1310. The van der Waals surface area contributed by atoms with Crippen LogP contribution in [0.1, 0.15) is 0 Å². The number of imidazole rings is 1. The summed E-state index contributed by atoms with van der Waals surface area (Å²) in [6.45, 7) is 0. The number of aromatic hydroxyl groups is 1. The van der Waals surface area contributed by atoms with Gasteiger partial charge in [-0.05, 0) is 12.1 Å².